The average molecular weight is 467 g/mol. The van der Waals surface area contributed by atoms with E-state index in [-0.39, 0.29) is 18.2 Å². The van der Waals surface area contributed by atoms with Crippen molar-refractivity contribution in [2.24, 2.45) is 0 Å². The van der Waals surface area contributed by atoms with Gasteiger partial charge in [0, 0.05) is 41.6 Å². The van der Waals surface area contributed by atoms with E-state index in [0.717, 1.165) is 16.7 Å². The number of nitrogens with one attached hydrogen (secondary N) is 1. The molecule has 9 heteroatoms. The molecule has 0 atom stereocenters. The van der Waals surface area contributed by atoms with E-state index in [4.69, 9.17) is 9.15 Å². The maximum absolute atomic E-state index is 12.9. The SMILES string of the molecule is O=C(NCCS(=O)(=O)N1CCOCC1)c1oc2ccccc2c1CSC1CCCCC1. The van der Waals surface area contributed by atoms with E-state index in [9.17, 15) is 13.2 Å². The van der Waals surface area contributed by atoms with Gasteiger partial charge in [0.1, 0.15) is 5.58 Å². The Morgan fingerprint density at radius 2 is 1.87 bits per heavy atom. The van der Waals surface area contributed by atoms with Crippen LogP contribution in [-0.2, 0) is 20.5 Å². The summed E-state index contributed by atoms with van der Waals surface area (Å²) in [4.78, 5) is 12.9. The number of hydrogen-bond donors (Lipinski definition) is 1. The molecule has 1 aliphatic heterocycles. The molecule has 2 aliphatic rings. The number of amides is 1. The second-order valence-corrected chi connectivity index (χ2v) is 11.4. The number of carbonyl (C=O) groups excluding carboxylic acids is 1. The fourth-order valence-electron chi connectivity index (χ4n) is 4.19. The van der Waals surface area contributed by atoms with Crippen LogP contribution in [-0.4, -0.2) is 62.5 Å². The van der Waals surface area contributed by atoms with Crippen molar-refractivity contribution < 1.29 is 22.4 Å². The Labute approximate surface area is 187 Å². The second-order valence-electron chi connectivity index (χ2n) is 8.06. The van der Waals surface area contributed by atoms with Crippen LogP contribution in [0.25, 0.3) is 11.0 Å². The lowest BCUT2D eigenvalue weighted by molar-refractivity contribution is 0.0730. The predicted molar refractivity (Wildman–Crippen MR) is 123 cm³/mol. The van der Waals surface area contributed by atoms with E-state index in [2.05, 4.69) is 5.32 Å². The molecule has 1 aromatic heterocycles. The summed E-state index contributed by atoms with van der Waals surface area (Å²) in [6, 6.07) is 7.68. The van der Waals surface area contributed by atoms with Crippen molar-refractivity contribution in [3.05, 3.63) is 35.6 Å². The van der Waals surface area contributed by atoms with Crippen molar-refractivity contribution >= 4 is 38.7 Å². The van der Waals surface area contributed by atoms with Gasteiger partial charge >= 0.3 is 0 Å². The number of furan rings is 1. The Morgan fingerprint density at radius 3 is 2.65 bits per heavy atom. The van der Waals surface area contributed by atoms with E-state index >= 15 is 0 Å². The summed E-state index contributed by atoms with van der Waals surface area (Å²) in [5.41, 5.74) is 1.59. The van der Waals surface area contributed by atoms with Crippen molar-refractivity contribution in [3.8, 4) is 0 Å². The van der Waals surface area contributed by atoms with Gasteiger partial charge < -0.3 is 14.5 Å². The minimum Gasteiger partial charge on any atom is -0.451 e. The molecule has 2 heterocycles. The molecule has 1 saturated heterocycles. The van der Waals surface area contributed by atoms with E-state index in [0.29, 0.717) is 42.9 Å². The third kappa shape index (κ3) is 5.63. The molecule has 1 amide bonds. The Bertz CT molecular complexity index is 992. The zero-order chi connectivity index (χ0) is 21.7. The van der Waals surface area contributed by atoms with Crippen molar-refractivity contribution in [2.45, 2.75) is 43.1 Å². The molecule has 1 aliphatic carbocycles. The van der Waals surface area contributed by atoms with E-state index in [1.165, 1.54) is 36.4 Å². The number of ether oxygens (including phenoxy) is 1. The van der Waals surface area contributed by atoms with Gasteiger partial charge in [0.25, 0.3) is 5.91 Å². The molecule has 31 heavy (non-hydrogen) atoms. The summed E-state index contributed by atoms with van der Waals surface area (Å²) in [5, 5.41) is 4.33. The lowest BCUT2D eigenvalue weighted by atomic mass is 10.0. The zero-order valence-corrected chi connectivity index (χ0v) is 19.3. The molecule has 7 nitrogen and oxygen atoms in total. The van der Waals surface area contributed by atoms with Crippen LogP contribution in [0.15, 0.2) is 28.7 Å². The van der Waals surface area contributed by atoms with Crippen LogP contribution in [0, 0.1) is 0 Å². The highest BCUT2D eigenvalue weighted by Crippen LogP contribution is 2.35. The first-order chi connectivity index (χ1) is 15.0. The van der Waals surface area contributed by atoms with Gasteiger partial charge in [-0.15, -0.1) is 0 Å². The van der Waals surface area contributed by atoms with E-state index in [1.54, 1.807) is 0 Å². The molecule has 0 unspecified atom stereocenters. The standard InChI is InChI=1S/C22H30N2O5S2/c25-22(23-10-15-31(26,27)24-11-13-28-14-12-24)21-19(16-30-17-6-2-1-3-7-17)18-8-4-5-9-20(18)29-21/h4-5,8-9,17H,1-3,6-7,10-16H2,(H,23,25). The molecule has 2 fully saturated rings. The lowest BCUT2D eigenvalue weighted by Crippen LogP contribution is -2.43. The summed E-state index contributed by atoms with van der Waals surface area (Å²) in [6.07, 6.45) is 6.30. The predicted octanol–water partition coefficient (Wildman–Crippen LogP) is 3.39. The number of rotatable bonds is 8. The summed E-state index contributed by atoms with van der Waals surface area (Å²) >= 11 is 1.89. The molecule has 1 N–H and O–H groups in total. The minimum atomic E-state index is -3.42. The van der Waals surface area contributed by atoms with Gasteiger partial charge in [-0.3, -0.25) is 4.79 Å². The number of fused-ring (bicyclic) bond motifs is 1. The van der Waals surface area contributed by atoms with Crippen LogP contribution in [0.1, 0.15) is 48.2 Å². The highest BCUT2D eigenvalue weighted by atomic mass is 32.2. The second kappa shape index (κ2) is 10.4. The molecular weight excluding hydrogens is 436 g/mol. The lowest BCUT2D eigenvalue weighted by Gasteiger charge is -2.26. The van der Waals surface area contributed by atoms with Gasteiger partial charge in [0.2, 0.25) is 10.0 Å². The van der Waals surface area contributed by atoms with Crippen LogP contribution in [0.4, 0.5) is 0 Å². The first kappa shape index (κ1) is 22.6. The molecule has 0 radical (unpaired) electrons. The van der Waals surface area contributed by atoms with Crippen molar-refractivity contribution in [3.63, 3.8) is 0 Å². The maximum atomic E-state index is 12.9. The Hall–Kier alpha value is -1.55. The van der Waals surface area contributed by atoms with Gasteiger partial charge in [-0.05, 0) is 18.9 Å². The van der Waals surface area contributed by atoms with Crippen LogP contribution in [0.2, 0.25) is 0 Å². The number of benzene rings is 1. The van der Waals surface area contributed by atoms with E-state index < -0.39 is 10.0 Å². The van der Waals surface area contributed by atoms with Crippen LogP contribution in [0.3, 0.4) is 0 Å². The average Bonchev–Trinajstić information content (AvgIpc) is 3.17. The highest BCUT2D eigenvalue weighted by molar-refractivity contribution is 7.99. The monoisotopic (exact) mass is 466 g/mol. The summed E-state index contributed by atoms with van der Waals surface area (Å²) in [5.74, 6) is 0.530. The summed E-state index contributed by atoms with van der Waals surface area (Å²) < 4.78 is 37.5. The minimum absolute atomic E-state index is 0.0464. The Balaban J connectivity index is 1.41. The quantitative estimate of drug-likeness (QED) is 0.642. The maximum Gasteiger partial charge on any atom is 0.287 e. The molecule has 2 aromatic rings. The number of thioether (sulfide) groups is 1. The fraction of sp³-hybridized carbons (Fsp3) is 0.591. The van der Waals surface area contributed by atoms with Gasteiger partial charge in [-0.2, -0.15) is 16.1 Å². The largest absolute Gasteiger partial charge is 0.451 e. The third-order valence-corrected chi connectivity index (χ3v) is 9.20. The van der Waals surface area contributed by atoms with Crippen LogP contribution in [0.5, 0.6) is 0 Å². The number of sulfonamides is 1. The van der Waals surface area contributed by atoms with Crippen LogP contribution < -0.4 is 5.32 Å². The van der Waals surface area contributed by atoms with Gasteiger partial charge in [-0.1, -0.05) is 37.5 Å². The van der Waals surface area contributed by atoms with Gasteiger partial charge in [0.05, 0.1) is 19.0 Å². The van der Waals surface area contributed by atoms with Crippen LogP contribution >= 0.6 is 11.8 Å². The third-order valence-electron chi connectivity index (χ3n) is 5.93. The Morgan fingerprint density at radius 1 is 1.13 bits per heavy atom. The number of para-hydroxylation sites is 1. The number of morpholine rings is 1. The molecule has 170 valence electrons. The molecule has 0 bridgehead atoms. The summed E-state index contributed by atoms with van der Waals surface area (Å²) in [6.45, 7) is 1.59. The first-order valence-corrected chi connectivity index (χ1v) is 13.7. The van der Waals surface area contributed by atoms with E-state index in [1.807, 2.05) is 36.0 Å². The number of nitrogens with zero attached hydrogens (tertiary/aromatic N) is 1. The zero-order valence-electron chi connectivity index (χ0n) is 17.7. The topological polar surface area (TPSA) is 88.9 Å². The van der Waals surface area contributed by atoms with Gasteiger partial charge in [0.15, 0.2) is 5.76 Å². The molecule has 1 saturated carbocycles. The molecule has 4 rings (SSSR count). The number of hydrogen-bond acceptors (Lipinski definition) is 6. The van der Waals surface area contributed by atoms with Crippen molar-refractivity contribution in [1.82, 2.24) is 9.62 Å². The Kier molecular flexibility index (Phi) is 7.58. The molecule has 1 aromatic carbocycles. The fourth-order valence-corrected chi connectivity index (χ4v) is 6.87. The normalized spacial score (nSPS) is 19.0. The highest BCUT2D eigenvalue weighted by Gasteiger charge is 2.26. The molecular formula is C22H30N2O5S2. The summed E-state index contributed by atoms with van der Waals surface area (Å²) in [7, 11) is -3.42. The first-order valence-electron chi connectivity index (χ1n) is 11.0. The molecule has 0 spiro atoms. The smallest absolute Gasteiger partial charge is 0.287 e. The van der Waals surface area contributed by atoms with Gasteiger partial charge in [-0.25, -0.2) is 8.42 Å². The van der Waals surface area contributed by atoms with Crippen molar-refractivity contribution in [2.75, 3.05) is 38.6 Å². The number of carbonyl (C=O) groups is 1. The van der Waals surface area contributed by atoms with Crippen molar-refractivity contribution in [1.29, 1.82) is 0 Å².